The van der Waals surface area contributed by atoms with Crippen LogP contribution in [0, 0.1) is 45.3 Å². The van der Waals surface area contributed by atoms with Crippen LogP contribution in [0.1, 0.15) is 108 Å². The van der Waals surface area contributed by atoms with Crippen LogP contribution in [0.25, 0.3) is 5.57 Å². The van der Waals surface area contributed by atoms with Crippen LogP contribution in [0.3, 0.4) is 0 Å². The highest BCUT2D eigenvalue weighted by molar-refractivity contribution is 7.91. The van der Waals surface area contributed by atoms with Gasteiger partial charge in [-0.05, 0) is 120 Å². The molecule has 1 aromatic carbocycles. The van der Waals surface area contributed by atoms with Crippen LogP contribution in [0.5, 0.6) is 0 Å². The first-order valence-electron chi connectivity index (χ1n) is 20.2. The lowest BCUT2D eigenvalue weighted by atomic mass is 9.33. The Morgan fingerprint density at radius 2 is 1.57 bits per heavy atom. The third-order valence-electron chi connectivity index (χ3n) is 16.8. The summed E-state index contributed by atoms with van der Waals surface area (Å²) in [5.74, 6) is -1.54. The van der Waals surface area contributed by atoms with Gasteiger partial charge < -0.3 is 20.2 Å². The summed E-state index contributed by atoms with van der Waals surface area (Å²) in [5.41, 5.74) is 1.94. The number of fused-ring (bicyclic) bond motifs is 7. The normalized spacial score (nSPS) is 40.0. The van der Waals surface area contributed by atoms with Crippen LogP contribution >= 0.6 is 0 Å². The Morgan fingerprint density at radius 3 is 2.20 bits per heavy atom. The number of carboxylic acids is 1. The van der Waals surface area contributed by atoms with E-state index in [1.165, 1.54) is 12.6 Å². The molecule has 0 bridgehead atoms. The number of hydrogen-bond acceptors (Lipinski definition) is 6. The molecule has 0 aromatic heterocycles. The monoisotopic (exact) mass is 775 g/mol. The van der Waals surface area contributed by atoms with Gasteiger partial charge in [-0.1, -0.05) is 52.8 Å². The molecule has 1 aliphatic heterocycles. The van der Waals surface area contributed by atoms with E-state index < -0.39 is 33.9 Å². The number of nitrogens with one attached hydrogen (secondary N) is 1. The summed E-state index contributed by atoms with van der Waals surface area (Å²) in [6.07, 6.45) is 5.44. The fourth-order valence-electron chi connectivity index (χ4n) is 14.0. The number of benzene rings is 1. The van der Waals surface area contributed by atoms with Crippen LogP contribution in [0.4, 0.5) is 13.2 Å². The lowest BCUT2D eigenvalue weighted by molar-refractivity contribution is -0.222. The third-order valence-corrected chi connectivity index (χ3v) is 18.4. The zero-order chi connectivity index (χ0) is 39.3. The molecule has 1 saturated heterocycles. The lowest BCUT2D eigenvalue weighted by Crippen LogP contribution is -2.69. The molecule has 7 rings (SSSR count). The Labute approximate surface area is 319 Å². The van der Waals surface area contributed by atoms with Gasteiger partial charge in [-0.3, -0.25) is 4.79 Å². The van der Waals surface area contributed by atoms with E-state index in [2.05, 4.69) is 50.9 Å². The second-order valence-electron chi connectivity index (χ2n) is 19.2. The molecule has 9 atom stereocenters. The van der Waals surface area contributed by atoms with Crippen molar-refractivity contribution in [3.8, 4) is 0 Å². The molecule has 2 N–H and O–H groups in total. The molecule has 0 unspecified atom stereocenters. The zero-order valence-corrected chi connectivity index (χ0v) is 33.7. The second kappa shape index (κ2) is 13.3. The van der Waals surface area contributed by atoms with E-state index in [0.717, 1.165) is 55.4 Å². The number of nitrogens with zero attached hydrogens (tertiary/aromatic N) is 2. The van der Waals surface area contributed by atoms with Crippen molar-refractivity contribution >= 4 is 27.3 Å². The van der Waals surface area contributed by atoms with Crippen LogP contribution in [-0.2, 0) is 14.6 Å². The van der Waals surface area contributed by atoms with Gasteiger partial charge in [-0.25, -0.2) is 13.2 Å². The molecular formula is C42H60F3N3O5S. The molecule has 1 aromatic rings. The van der Waals surface area contributed by atoms with E-state index in [4.69, 9.17) is 0 Å². The van der Waals surface area contributed by atoms with Crippen LogP contribution in [0.15, 0.2) is 30.3 Å². The predicted octanol–water partition coefficient (Wildman–Crippen LogP) is 7.31. The average Bonchev–Trinajstić information content (AvgIpc) is 3.47. The Balaban J connectivity index is 1.18. The summed E-state index contributed by atoms with van der Waals surface area (Å²) in [6, 6.07) is 6.75. The maximum Gasteiger partial charge on any atom is 0.471 e. The van der Waals surface area contributed by atoms with Crippen molar-refractivity contribution in [3.05, 3.63) is 41.5 Å². The van der Waals surface area contributed by atoms with Gasteiger partial charge in [0.25, 0.3) is 0 Å². The molecule has 5 aliphatic carbocycles. The molecule has 54 heavy (non-hydrogen) atoms. The van der Waals surface area contributed by atoms with Crippen molar-refractivity contribution in [1.29, 1.82) is 0 Å². The molecule has 1 amide bonds. The van der Waals surface area contributed by atoms with E-state index in [1.807, 2.05) is 12.1 Å². The number of halogens is 3. The van der Waals surface area contributed by atoms with Crippen LogP contribution in [0.2, 0.25) is 0 Å². The number of carbonyl (C=O) groups excluding carboxylic acids is 1. The van der Waals surface area contributed by atoms with E-state index in [9.17, 15) is 36.3 Å². The Morgan fingerprint density at radius 1 is 0.907 bits per heavy atom. The molecule has 12 heteroatoms. The number of carbonyl (C=O) groups is 2. The molecule has 6 aliphatic rings. The molecule has 0 radical (unpaired) electrons. The maximum atomic E-state index is 14.0. The van der Waals surface area contributed by atoms with Crippen molar-refractivity contribution in [1.82, 2.24) is 15.1 Å². The predicted molar refractivity (Wildman–Crippen MR) is 203 cm³/mol. The summed E-state index contributed by atoms with van der Waals surface area (Å²) in [6.45, 7) is 14.4. The number of alkyl halides is 3. The van der Waals surface area contributed by atoms with Gasteiger partial charge in [0.15, 0.2) is 9.84 Å². The molecule has 1 heterocycles. The van der Waals surface area contributed by atoms with Crippen LogP contribution in [-0.4, -0.2) is 97.7 Å². The Bertz CT molecular complexity index is 1780. The quantitative estimate of drug-likeness (QED) is 0.300. The van der Waals surface area contributed by atoms with E-state index >= 15 is 0 Å². The lowest BCUT2D eigenvalue weighted by Gasteiger charge is -2.72. The van der Waals surface area contributed by atoms with Gasteiger partial charge in [0.05, 0.1) is 17.1 Å². The number of carboxylic acid groups (broad SMARTS) is 1. The Kier molecular flexibility index (Phi) is 9.81. The van der Waals surface area contributed by atoms with Crippen molar-refractivity contribution in [2.75, 3.05) is 44.7 Å². The first-order valence-corrected chi connectivity index (χ1v) is 22.0. The van der Waals surface area contributed by atoms with Gasteiger partial charge in [0.2, 0.25) is 0 Å². The molecule has 8 nitrogen and oxygen atoms in total. The summed E-state index contributed by atoms with van der Waals surface area (Å²) in [5, 5.41) is 13.4. The smallest absolute Gasteiger partial charge is 0.471 e. The molecule has 300 valence electrons. The number of hydrogen-bond donors (Lipinski definition) is 2. The van der Waals surface area contributed by atoms with Crippen molar-refractivity contribution in [3.63, 3.8) is 0 Å². The number of allylic oxidation sites excluding steroid dienone is 2. The van der Waals surface area contributed by atoms with E-state index in [0.29, 0.717) is 50.9 Å². The maximum absolute atomic E-state index is 14.0. The number of sulfone groups is 1. The topological polar surface area (TPSA) is 107 Å². The first kappa shape index (κ1) is 39.8. The second-order valence-corrected chi connectivity index (χ2v) is 21.5. The minimum atomic E-state index is -4.94. The van der Waals surface area contributed by atoms with E-state index in [-0.39, 0.29) is 56.1 Å². The summed E-state index contributed by atoms with van der Waals surface area (Å²) < 4.78 is 66.1. The Hall–Kier alpha value is -2.44. The number of amides is 1. The SMILES string of the molecule is CN(C(=O)C(F)(F)F)[C@@H]1CC[C@]2(NCCN3CCS(=O)(=O)CC3)CC[C@]3(C)[C@H](CC[C@@H]4[C@@]5(C)CC=C(c6ccc(C(=O)O)cc6)C(C)(C)[C@@H]5CC[C@]43C)[C@@H]12. The fourth-order valence-corrected chi connectivity index (χ4v) is 15.3. The summed E-state index contributed by atoms with van der Waals surface area (Å²) in [7, 11) is -1.64. The number of aromatic carboxylic acids is 1. The largest absolute Gasteiger partial charge is 0.478 e. The molecule has 5 fully saturated rings. The van der Waals surface area contributed by atoms with E-state index in [1.54, 1.807) is 12.1 Å². The summed E-state index contributed by atoms with van der Waals surface area (Å²) >= 11 is 0. The minimum absolute atomic E-state index is 0.0157. The first-order chi connectivity index (χ1) is 25.1. The van der Waals surface area contributed by atoms with Crippen molar-refractivity contribution < 1.29 is 36.3 Å². The third kappa shape index (κ3) is 6.18. The van der Waals surface area contributed by atoms with Crippen molar-refractivity contribution in [2.24, 2.45) is 45.3 Å². The van der Waals surface area contributed by atoms with Crippen LogP contribution < -0.4 is 5.32 Å². The summed E-state index contributed by atoms with van der Waals surface area (Å²) in [4.78, 5) is 27.6. The molecule has 4 saturated carbocycles. The zero-order valence-electron chi connectivity index (χ0n) is 32.9. The van der Waals surface area contributed by atoms with Gasteiger partial charge in [0.1, 0.15) is 0 Å². The highest BCUT2D eigenvalue weighted by Crippen LogP contribution is 2.76. The molecule has 0 spiro atoms. The molecular weight excluding hydrogens is 716 g/mol. The van der Waals surface area contributed by atoms with Gasteiger partial charge in [-0.15, -0.1) is 0 Å². The van der Waals surface area contributed by atoms with Gasteiger partial charge in [0, 0.05) is 50.7 Å². The highest BCUT2D eigenvalue weighted by atomic mass is 32.2. The minimum Gasteiger partial charge on any atom is -0.478 e. The van der Waals surface area contributed by atoms with Gasteiger partial charge in [-0.2, -0.15) is 13.2 Å². The van der Waals surface area contributed by atoms with Gasteiger partial charge >= 0.3 is 18.1 Å². The average molecular weight is 776 g/mol. The van der Waals surface area contributed by atoms with Crippen molar-refractivity contribution in [2.45, 2.75) is 110 Å². The highest BCUT2D eigenvalue weighted by Gasteiger charge is 2.71. The standard InChI is InChI=1S/C42H60F3N3O5S/c1-37(2)29(27-7-9-28(10-8-27)35(49)50)13-16-38(3)32(37)15-17-40(5)33(38)12-11-30-34-31(47(6)36(51)42(43,44)45)14-18-41(34,20-19-39(30,40)4)46-21-22-48-23-25-54(52,53)26-24-48/h7-10,13,30-34,46H,11-12,14-26H2,1-6H3,(H,49,50)/t30-,31-,32+,33-,34+,38+,39-,40-,41+/m1/s1. The fraction of sp³-hybridized carbons (Fsp3) is 0.762. The number of rotatable bonds is 7.